The Kier molecular flexibility index (Phi) is 4.35. The van der Waals surface area contributed by atoms with Gasteiger partial charge in [-0.15, -0.1) is 0 Å². The zero-order valence-corrected chi connectivity index (χ0v) is 15.1. The largest absolute Gasteiger partial charge is 0.289 e. The van der Waals surface area contributed by atoms with Gasteiger partial charge in [0.2, 0.25) is 0 Å². The molecule has 0 N–H and O–H groups in total. The topological polar surface area (TPSA) is 54.5 Å². The average Bonchev–Trinajstić information content (AvgIpc) is 2.98. The quantitative estimate of drug-likeness (QED) is 0.503. The number of carbonyl (C=O) groups is 3. The van der Waals surface area contributed by atoms with Crippen LogP contribution in [0.5, 0.6) is 0 Å². The predicted molar refractivity (Wildman–Crippen MR) is 102 cm³/mol. The van der Waals surface area contributed by atoms with Crippen molar-refractivity contribution in [3.63, 3.8) is 0 Å². The monoisotopic (exact) mass is 373 g/mol. The Hall–Kier alpha value is -3.60. The molecular weight excluding hydrogens is 357 g/mol. The van der Waals surface area contributed by atoms with E-state index in [2.05, 4.69) is 0 Å². The molecule has 0 saturated carbocycles. The molecule has 0 unspecified atom stereocenters. The molecule has 5 heteroatoms. The fourth-order valence-corrected chi connectivity index (χ4v) is 3.39. The smallest absolute Gasteiger partial charge is 0.262 e. The normalized spacial score (nSPS) is 14.1. The molecule has 2 amide bonds. The first-order valence-electron chi connectivity index (χ1n) is 8.84. The van der Waals surface area contributed by atoms with Crippen LogP contribution in [0.2, 0.25) is 0 Å². The van der Waals surface area contributed by atoms with E-state index in [0.717, 1.165) is 5.56 Å². The summed E-state index contributed by atoms with van der Waals surface area (Å²) >= 11 is 0. The fourth-order valence-electron chi connectivity index (χ4n) is 3.39. The molecule has 0 aromatic heterocycles. The number of fused-ring (bicyclic) bond motifs is 1. The molecule has 4 rings (SSSR count). The zero-order chi connectivity index (χ0) is 19.8. The summed E-state index contributed by atoms with van der Waals surface area (Å²) in [5.41, 5.74) is 2.39. The first-order chi connectivity index (χ1) is 13.5. The molecule has 3 aromatic rings. The van der Waals surface area contributed by atoms with Crippen LogP contribution in [-0.2, 0) is 0 Å². The van der Waals surface area contributed by atoms with Gasteiger partial charge in [0.25, 0.3) is 11.8 Å². The molecule has 1 heterocycles. The number of carbonyl (C=O) groups excluding carboxylic acids is 3. The third kappa shape index (κ3) is 2.91. The minimum Gasteiger partial charge on any atom is -0.289 e. The Morgan fingerprint density at radius 1 is 0.786 bits per heavy atom. The molecule has 0 aliphatic carbocycles. The number of benzene rings is 3. The Balaban J connectivity index is 1.58. The van der Waals surface area contributed by atoms with Gasteiger partial charge in [-0.05, 0) is 48.9 Å². The van der Waals surface area contributed by atoms with Crippen molar-refractivity contribution in [1.29, 1.82) is 0 Å². The molecule has 4 nitrogen and oxygen atoms in total. The third-order valence-corrected chi connectivity index (χ3v) is 4.97. The lowest BCUT2D eigenvalue weighted by molar-refractivity contribution is 0.0595. The summed E-state index contributed by atoms with van der Waals surface area (Å²) in [6.45, 7) is 1.78. The SMILES string of the molecule is C[C@H](c1ccc(C(=O)c2ccc(F)cc2)cc1)N1C(=O)c2ccccc2C1=O. The predicted octanol–water partition coefficient (Wildman–Crippen LogP) is 4.41. The molecule has 0 bridgehead atoms. The molecule has 1 aliphatic heterocycles. The number of imide groups is 1. The minimum atomic E-state index is -0.470. The van der Waals surface area contributed by atoms with Crippen molar-refractivity contribution in [3.8, 4) is 0 Å². The van der Waals surface area contributed by atoms with Crippen molar-refractivity contribution < 1.29 is 18.8 Å². The first-order valence-corrected chi connectivity index (χ1v) is 8.84. The van der Waals surface area contributed by atoms with Crippen LogP contribution in [0.1, 0.15) is 55.2 Å². The second-order valence-corrected chi connectivity index (χ2v) is 6.66. The highest BCUT2D eigenvalue weighted by molar-refractivity contribution is 6.21. The molecule has 28 heavy (non-hydrogen) atoms. The van der Waals surface area contributed by atoms with Gasteiger partial charge in [0.15, 0.2) is 5.78 Å². The van der Waals surface area contributed by atoms with E-state index in [1.54, 1.807) is 55.5 Å². The number of ketones is 1. The Morgan fingerprint density at radius 2 is 1.25 bits per heavy atom. The summed E-state index contributed by atoms with van der Waals surface area (Å²) in [6.07, 6.45) is 0. The Bertz CT molecular complexity index is 1050. The first kappa shape index (κ1) is 17.8. The second kappa shape index (κ2) is 6.85. The second-order valence-electron chi connectivity index (χ2n) is 6.66. The van der Waals surface area contributed by atoms with Gasteiger partial charge in [0.05, 0.1) is 17.2 Å². The highest BCUT2D eigenvalue weighted by atomic mass is 19.1. The van der Waals surface area contributed by atoms with E-state index < -0.39 is 11.9 Å². The number of halogens is 1. The number of nitrogens with zero attached hydrogens (tertiary/aromatic N) is 1. The summed E-state index contributed by atoms with van der Waals surface area (Å²) in [5, 5.41) is 0. The molecule has 1 aliphatic rings. The van der Waals surface area contributed by atoms with E-state index in [1.165, 1.54) is 29.2 Å². The highest BCUT2D eigenvalue weighted by Gasteiger charge is 2.38. The van der Waals surface area contributed by atoms with Gasteiger partial charge in [-0.1, -0.05) is 36.4 Å². The van der Waals surface area contributed by atoms with Gasteiger partial charge in [0.1, 0.15) is 5.82 Å². The molecule has 0 saturated heterocycles. The van der Waals surface area contributed by atoms with Crippen LogP contribution in [0, 0.1) is 5.82 Å². The standard InChI is InChI=1S/C23H16FNO3/c1-14(25-22(27)19-4-2-3-5-20(19)23(25)28)15-6-8-16(9-7-15)21(26)17-10-12-18(24)13-11-17/h2-14H,1H3/t14-/m1/s1. The van der Waals surface area contributed by atoms with Crippen LogP contribution in [0.25, 0.3) is 0 Å². The summed E-state index contributed by atoms with van der Waals surface area (Å²) in [5.74, 6) is -1.26. The van der Waals surface area contributed by atoms with Gasteiger partial charge in [-0.2, -0.15) is 0 Å². The van der Waals surface area contributed by atoms with Crippen LogP contribution >= 0.6 is 0 Å². The van der Waals surface area contributed by atoms with E-state index >= 15 is 0 Å². The van der Waals surface area contributed by atoms with Crippen LogP contribution < -0.4 is 0 Å². The van der Waals surface area contributed by atoms with E-state index in [-0.39, 0.29) is 17.6 Å². The molecule has 0 fully saturated rings. The molecule has 138 valence electrons. The van der Waals surface area contributed by atoms with E-state index in [9.17, 15) is 18.8 Å². The van der Waals surface area contributed by atoms with Crippen LogP contribution in [0.15, 0.2) is 72.8 Å². The number of rotatable bonds is 4. The number of hydrogen-bond donors (Lipinski definition) is 0. The maximum atomic E-state index is 13.0. The minimum absolute atomic E-state index is 0.222. The van der Waals surface area contributed by atoms with Crippen molar-refractivity contribution in [2.75, 3.05) is 0 Å². The van der Waals surface area contributed by atoms with Gasteiger partial charge in [-0.25, -0.2) is 4.39 Å². The third-order valence-electron chi connectivity index (χ3n) is 4.97. The van der Waals surface area contributed by atoms with Gasteiger partial charge >= 0.3 is 0 Å². The van der Waals surface area contributed by atoms with Crippen molar-refractivity contribution in [1.82, 2.24) is 4.90 Å². The molecule has 3 aromatic carbocycles. The fraction of sp³-hybridized carbons (Fsp3) is 0.0870. The van der Waals surface area contributed by atoms with Crippen molar-refractivity contribution >= 4 is 17.6 Å². The molecule has 0 spiro atoms. The maximum Gasteiger partial charge on any atom is 0.262 e. The summed E-state index contributed by atoms with van der Waals surface area (Å²) in [7, 11) is 0. The number of amides is 2. The van der Waals surface area contributed by atoms with Crippen LogP contribution in [0.3, 0.4) is 0 Å². The van der Waals surface area contributed by atoms with Crippen molar-refractivity contribution in [2.45, 2.75) is 13.0 Å². The van der Waals surface area contributed by atoms with Gasteiger partial charge < -0.3 is 0 Å². The Morgan fingerprint density at radius 3 is 1.75 bits per heavy atom. The van der Waals surface area contributed by atoms with E-state index in [1.807, 2.05) is 0 Å². The lowest BCUT2D eigenvalue weighted by atomic mass is 9.99. The molecule has 0 radical (unpaired) electrons. The van der Waals surface area contributed by atoms with Gasteiger partial charge in [0, 0.05) is 11.1 Å². The van der Waals surface area contributed by atoms with Gasteiger partial charge in [-0.3, -0.25) is 19.3 Å². The Labute approximate surface area is 161 Å². The lowest BCUT2D eigenvalue weighted by Crippen LogP contribution is -2.32. The lowest BCUT2D eigenvalue weighted by Gasteiger charge is -2.23. The summed E-state index contributed by atoms with van der Waals surface area (Å²) < 4.78 is 13.0. The zero-order valence-electron chi connectivity index (χ0n) is 15.1. The van der Waals surface area contributed by atoms with Crippen LogP contribution in [-0.4, -0.2) is 22.5 Å². The van der Waals surface area contributed by atoms with Crippen molar-refractivity contribution in [2.24, 2.45) is 0 Å². The van der Waals surface area contributed by atoms with Crippen LogP contribution in [0.4, 0.5) is 4.39 Å². The maximum absolute atomic E-state index is 13.0. The number of hydrogen-bond acceptors (Lipinski definition) is 3. The van der Waals surface area contributed by atoms with E-state index in [0.29, 0.717) is 22.3 Å². The van der Waals surface area contributed by atoms with E-state index in [4.69, 9.17) is 0 Å². The average molecular weight is 373 g/mol. The van der Waals surface area contributed by atoms with Crippen molar-refractivity contribution in [3.05, 3.63) is 106 Å². The molecule has 1 atom stereocenters. The summed E-state index contributed by atoms with van der Waals surface area (Å²) in [6, 6.07) is 18.4. The molecular formula is C23H16FNO3. The highest BCUT2D eigenvalue weighted by Crippen LogP contribution is 2.31. The summed E-state index contributed by atoms with van der Waals surface area (Å²) in [4.78, 5) is 39.0.